The highest BCUT2D eigenvalue weighted by Crippen LogP contribution is 2.31. The lowest BCUT2D eigenvalue weighted by Crippen LogP contribution is -2.32. The van der Waals surface area contributed by atoms with Crippen LogP contribution in [0.15, 0.2) is 56.7 Å². The third-order valence-corrected chi connectivity index (χ3v) is 6.16. The average Bonchev–Trinajstić information content (AvgIpc) is 2.65. The van der Waals surface area contributed by atoms with Gasteiger partial charge in [-0.15, -0.1) is 0 Å². The summed E-state index contributed by atoms with van der Waals surface area (Å²) >= 11 is 3.31. The van der Waals surface area contributed by atoms with Crippen LogP contribution in [-0.2, 0) is 14.6 Å². The zero-order chi connectivity index (χ0) is 20.7. The number of carbonyl (C=O) groups is 1. The number of halogens is 1. The molecule has 0 spiro atoms. The van der Waals surface area contributed by atoms with Crippen LogP contribution in [0.25, 0.3) is 0 Å². The minimum Gasteiger partial charge on any atom is -0.494 e. The van der Waals surface area contributed by atoms with Crippen LogP contribution in [-0.4, -0.2) is 34.0 Å². The van der Waals surface area contributed by atoms with E-state index in [2.05, 4.69) is 26.6 Å². The number of carbonyl (C=O) groups excluding carboxylic acids is 1. The van der Waals surface area contributed by atoms with E-state index in [1.54, 1.807) is 24.3 Å². The molecule has 6 nitrogen and oxygen atoms in total. The Kier molecular flexibility index (Phi) is 7.88. The van der Waals surface area contributed by atoms with E-state index in [0.717, 1.165) is 4.47 Å². The van der Waals surface area contributed by atoms with Crippen LogP contribution >= 0.6 is 15.9 Å². The summed E-state index contributed by atoms with van der Waals surface area (Å²) in [6, 6.07) is 11.2. The van der Waals surface area contributed by atoms with Gasteiger partial charge in [0.2, 0.25) is 15.7 Å². The summed E-state index contributed by atoms with van der Waals surface area (Å²) in [7, 11) is -3.80. The molecule has 0 unspecified atom stereocenters. The monoisotopic (exact) mass is 468 g/mol. The van der Waals surface area contributed by atoms with E-state index in [1.165, 1.54) is 18.2 Å². The normalized spacial score (nSPS) is 11.3. The maximum absolute atomic E-state index is 13.2. The van der Waals surface area contributed by atoms with Crippen molar-refractivity contribution >= 4 is 37.4 Å². The number of ether oxygens (including phenoxy) is 1. The molecule has 2 rings (SSSR count). The van der Waals surface area contributed by atoms with Crippen molar-refractivity contribution in [1.82, 2.24) is 5.32 Å². The third kappa shape index (κ3) is 5.97. The summed E-state index contributed by atoms with van der Waals surface area (Å²) in [5, 5.41) is 5.74. The SMILES string of the molecule is CCOc1ccc(NCC(=O)NCC(C)C)c(S(=O)(=O)c2ccc(Br)cc2)c1. The molecule has 0 saturated carbocycles. The minimum absolute atomic E-state index is 0.0242. The number of amides is 1. The van der Waals surface area contributed by atoms with E-state index in [9.17, 15) is 13.2 Å². The van der Waals surface area contributed by atoms with E-state index in [0.29, 0.717) is 30.5 Å². The van der Waals surface area contributed by atoms with Gasteiger partial charge in [0.25, 0.3) is 0 Å². The molecule has 0 atom stereocenters. The molecule has 0 bridgehead atoms. The molecule has 2 aromatic rings. The Labute approximate surface area is 174 Å². The van der Waals surface area contributed by atoms with Crippen LogP contribution in [0.2, 0.25) is 0 Å². The van der Waals surface area contributed by atoms with Gasteiger partial charge in [0.05, 0.1) is 28.6 Å². The van der Waals surface area contributed by atoms with Crippen molar-refractivity contribution in [3.8, 4) is 5.75 Å². The molecule has 0 aliphatic heterocycles. The number of hydrogen-bond acceptors (Lipinski definition) is 5. The van der Waals surface area contributed by atoms with Crippen molar-refractivity contribution in [2.75, 3.05) is 25.0 Å². The molecule has 0 heterocycles. The van der Waals surface area contributed by atoms with Gasteiger partial charge in [-0.1, -0.05) is 29.8 Å². The molecule has 0 fully saturated rings. The molecular formula is C20H25BrN2O4S. The molecule has 2 N–H and O–H groups in total. The second-order valence-electron chi connectivity index (χ2n) is 6.60. The lowest BCUT2D eigenvalue weighted by Gasteiger charge is -2.15. The summed E-state index contributed by atoms with van der Waals surface area (Å²) in [5.74, 6) is 0.588. The summed E-state index contributed by atoms with van der Waals surface area (Å²) in [6.07, 6.45) is 0. The number of anilines is 1. The number of benzene rings is 2. The van der Waals surface area contributed by atoms with E-state index in [1.807, 2.05) is 20.8 Å². The van der Waals surface area contributed by atoms with Gasteiger partial charge < -0.3 is 15.4 Å². The van der Waals surface area contributed by atoms with Gasteiger partial charge in [-0.05, 0) is 49.2 Å². The quantitative estimate of drug-likeness (QED) is 0.583. The Hall–Kier alpha value is -2.06. The predicted molar refractivity (Wildman–Crippen MR) is 114 cm³/mol. The summed E-state index contributed by atoms with van der Waals surface area (Å²) < 4.78 is 32.6. The second kappa shape index (κ2) is 9.93. The summed E-state index contributed by atoms with van der Waals surface area (Å²) in [5.41, 5.74) is 0.353. The van der Waals surface area contributed by atoms with Crippen LogP contribution < -0.4 is 15.4 Å². The largest absolute Gasteiger partial charge is 0.494 e. The van der Waals surface area contributed by atoms with Crippen molar-refractivity contribution in [3.05, 3.63) is 46.9 Å². The molecule has 0 aliphatic rings. The molecule has 28 heavy (non-hydrogen) atoms. The van der Waals surface area contributed by atoms with E-state index in [4.69, 9.17) is 4.74 Å². The maximum Gasteiger partial charge on any atom is 0.239 e. The van der Waals surface area contributed by atoms with Gasteiger partial charge in [0.15, 0.2) is 0 Å². The first-order valence-electron chi connectivity index (χ1n) is 9.02. The Balaban J connectivity index is 2.33. The first-order valence-corrected chi connectivity index (χ1v) is 11.3. The van der Waals surface area contributed by atoms with E-state index < -0.39 is 9.84 Å². The Morgan fingerprint density at radius 2 is 1.82 bits per heavy atom. The fourth-order valence-electron chi connectivity index (χ4n) is 2.42. The smallest absolute Gasteiger partial charge is 0.239 e. The van der Waals surface area contributed by atoms with Crippen LogP contribution in [0.3, 0.4) is 0 Å². The number of nitrogens with one attached hydrogen (secondary N) is 2. The van der Waals surface area contributed by atoms with Crippen molar-refractivity contribution in [2.24, 2.45) is 5.92 Å². The number of rotatable bonds is 9. The molecule has 0 saturated heterocycles. The maximum atomic E-state index is 13.2. The third-order valence-electron chi connectivity index (χ3n) is 3.82. The summed E-state index contributed by atoms with van der Waals surface area (Å²) in [6.45, 7) is 6.79. The Bertz CT molecular complexity index is 912. The van der Waals surface area contributed by atoms with Crippen LogP contribution in [0.1, 0.15) is 20.8 Å². The first-order chi connectivity index (χ1) is 13.2. The van der Waals surface area contributed by atoms with Crippen LogP contribution in [0, 0.1) is 5.92 Å². The van der Waals surface area contributed by atoms with E-state index in [-0.39, 0.29) is 22.2 Å². The molecule has 1 amide bonds. The van der Waals surface area contributed by atoms with Gasteiger partial charge in [0.1, 0.15) is 5.75 Å². The summed E-state index contributed by atoms with van der Waals surface area (Å²) in [4.78, 5) is 12.2. The lowest BCUT2D eigenvalue weighted by atomic mass is 10.2. The lowest BCUT2D eigenvalue weighted by molar-refractivity contribution is -0.119. The first kappa shape index (κ1) is 22.2. The van der Waals surface area contributed by atoms with Gasteiger partial charge in [-0.3, -0.25) is 4.79 Å². The number of sulfone groups is 1. The van der Waals surface area contributed by atoms with Gasteiger partial charge >= 0.3 is 0 Å². The highest BCUT2D eigenvalue weighted by Gasteiger charge is 2.23. The van der Waals surface area contributed by atoms with Crippen LogP contribution in [0.4, 0.5) is 5.69 Å². The molecule has 2 aromatic carbocycles. The number of hydrogen-bond donors (Lipinski definition) is 2. The fourth-order valence-corrected chi connectivity index (χ4v) is 4.14. The van der Waals surface area contributed by atoms with Crippen LogP contribution in [0.5, 0.6) is 5.75 Å². The van der Waals surface area contributed by atoms with Crippen molar-refractivity contribution in [2.45, 2.75) is 30.6 Å². The molecule has 8 heteroatoms. The Morgan fingerprint density at radius 1 is 1.14 bits per heavy atom. The zero-order valence-electron chi connectivity index (χ0n) is 16.2. The Morgan fingerprint density at radius 3 is 2.43 bits per heavy atom. The fraction of sp³-hybridized carbons (Fsp3) is 0.350. The molecule has 0 radical (unpaired) electrons. The van der Waals surface area contributed by atoms with E-state index >= 15 is 0 Å². The molecule has 0 aromatic heterocycles. The highest BCUT2D eigenvalue weighted by molar-refractivity contribution is 9.10. The highest BCUT2D eigenvalue weighted by atomic mass is 79.9. The predicted octanol–water partition coefficient (Wildman–Crippen LogP) is 3.86. The zero-order valence-corrected chi connectivity index (χ0v) is 18.6. The van der Waals surface area contributed by atoms with Gasteiger partial charge in [-0.25, -0.2) is 8.42 Å². The second-order valence-corrected chi connectivity index (χ2v) is 9.43. The van der Waals surface area contributed by atoms with Crippen molar-refractivity contribution in [1.29, 1.82) is 0 Å². The topological polar surface area (TPSA) is 84.5 Å². The van der Waals surface area contributed by atoms with Crippen molar-refractivity contribution < 1.29 is 17.9 Å². The van der Waals surface area contributed by atoms with Crippen molar-refractivity contribution in [3.63, 3.8) is 0 Å². The molecule has 0 aliphatic carbocycles. The molecule has 152 valence electrons. The molecular weight excluding hydrogens is 444 g/mol. The average molecular weight is 469 g/mol. The van der Waals surface area contributed by atoms with Gasteiger partial charge in [0, 0.05) is 17.1 Å². The minimum atomic E-state index is -3.80. The standard InChI is InChI=1S/C20H25BrN2O4S/c1-4-27-16-7-10-18(22-13-20(24)23-12-14(2)3)19(11-16)28(25,26)17-8-5-15(21)6-9-17/h5-11,14,22H,4,12-13H2,1-3H3,(H,23,24). The van der Waals surface area contributed by atoms with Gasteiger partial charge in [-0.2, -0.15) is 0 Å².